The Morgan fingerprint density at radius 3 is 1.90 bits per heavy atom. The topological polar surface area (TPSA) is 12.0 Å². The van der Waals surface area contributed by atoms with Crippen molar-refractivity contribution < 1.29 is 0 Å². The van der Waals surface area contributed by atoms with Gasteiger partial charge in [0.05, 0.1) is 0 Å². The first-order valence-corrected chi connectivity index (χ1v) is 4.08. The molecule has 10 heavy (non-hydrogen) atoms. The van der Waals surface area contributed by atoms with E-state index < -0.39 is 0 Å². The third kappa shape index (κ3) is 1.10. The van der Waals surface area contributed by atoms with Crippen molar-refractivity contribution in [3.05, 3.63) is 13.2 Å². The van der Waals surface area contributed by atoms with Crippen LogP contribution in [0, 0.1) is 17.8 Å². The lowest BCUT2D eigenvalue weighted by molar-refractivity contribution is 0.0461. The third-order valence-electron chi connectivity index (χ3n) is 2.91. The van der Waals surface area contributed by atoms with Crippen molar-refractivity contribution in [2.45, 2.75) is 13.3 Å². The van der Waals surface area contributed by atoms with E-state index in [1.54, 1.807) is 0 Å². The maximum atomic E-state index is 3.41. The van der Waals surface area contributed by atoms with E-state index in [1.165, 1.54) is 19.5 Å². The SMILES string of the molecule is C=C.CC1C2CNCC1C2. The summed E-state index contributed by atoms with van der Waals surface area (Å²) < 4.78 is 0. The molecule has 1 aliphatic carbocycles. The monoisotopic (exact) mass is 139 g/mol. The minimum Gasteiger partial charge on any atom is -0.316 e. The van der Waals surface area contributed by atoms with Gasteiger partial charge in [0, 0.05) is 0 Å². The van der Waals surface area contributed by atoms with Gasteiger partial charge in [0.2, 0.25) is 0 Å². The molecule has 1 N–H and O–H groups in total. The van der Waals surface area contributed by atoms with Gasteiger partial charge in [0.25, 0.3) is 0 Å². The fourth-order valence-electron chi connectivity index (χ4n) is 2.00. The molecule has 3 aliphatic rings. The molecule has 1 heteroatoms. The average Bonchev–Trinajstić information content (AvgIpc) is 2.08. The molecule has 2 unspecified atom stereocenters. The zero-order valence-corrected chi connectivity index (χ0v) is 6.77. The van der Waals surface area contributed by atoms with Crippen molar-refractivity contribution in [1.29, 1.82) is 0 Å². The number of fused-ring (bicyclic) bond motifs is 2. The van der Waals surface area contributed by atoms with Crippen molar-refractivity contribution in [1.82, 2.24) is 5.32 Å². The number of nitrogens with one attached hydrogen (secondary N) is 1. The molecule has 0 aromatic carbocycles. The summed E-state index contributed by atoms with van der Waals surface area (Å²) in [6, 6.07) is 0. The molecule has 58 valence electrons. The van der Waals surface area contributed by atoms with E-state index in [2.05, 4.69) is 25.4 Å². The maximum Gasteiger partial charge on any atom is -0.00176 e. The van der Waals surface area contributed by atoms with Crippen LogP contribution in [0.15, 0.2) is 13.2 Å². The fourth-order valence-corrected chi connectivity index (χ4v) is 2.00. The normalized spacial score (nSPS) is 42.7. The van der Waals surface area contributed by atoms with Gasteiger partial charge in [0.1, 0.15) is 0 Å². The van der Waals surface area contributed by atoms with Crippen molar-refractivity contribution >= 4 is 0 Å². The van der Waals surface area contributed by atoms with Gasteiger partial charge < -0.3 is 5.32 Å². The molecule has 1 saturated carbocycles. The Morgan fingerprint density at radius 1 is 1.20 bits per heavy atom. The second kappa shape index (κ2) is 3.20. The third-order valence-corrected chi connectivity index (χ3v) is 2.91. The van der Waals surface area contributed by atoms with Gasteiger partial charge in [-0.1, -0.05) is 6.92 Å². The van der Waals surface area contributed by atoms with Crippen molar-refractivity contribution in [3.8, 4) is 0 Å². The predicted molar refractivity (Wildman–Crippen MR) is 44.9 cm³/mol. The fraction of sp³-hybridized carbons (Fsp3) is 0.778. The van der Waals surface area contributed by atoms with Gasteiger partial charge in [0.15, 0.2) is 0 Å². The van der Waals surface area contributed by atoms with Crippen LogP contribution in [0.25, 0.3) is 0 Å². The van der Waals surface area contributed by atoms with Gasteiger partial charge in [-0.25, -0.2) is 0 Å². The van der Waals surface area contributed by atoms with Crippen LogP contribution in [-0.4, -0.2) is 13.1 Å². The second-order valence-corrected chi connectivity index (χ2v) is 3.27. The van der Waals surface area contributed by atoms with Crippen LogP contribution in [-0.2, 0) is 0 Å². The molecule has 2 saturated heterocycles. The van der Waals surface area contributed by atoms with E-state index in [0.29, 0.717) is 0 Å². The smallest absolute Gasteiger partial charge is 0.00176 e. The average molecular weight is 139 g/mol. The number of piperidine rings is 2. The van der Waals surface area contributed by atoms with Gasteiger partial charge in [-0.2, -0.15) is 0 Å². The molecule has 0 aromatic heterocycles. The first-order valence-electron chi connectivity index (χ1n) is 4.08. The maximum absolute atomic E-state index is 3.41. The van der Waals surface area contributed by atoms with Gasteiger partial charge in [-0.3, -0.25) is 0 Å². The highest BCUT2D eigenvalue weighted by molar-refractivity contribution is 4.92. The van der Waals surface area contributed by atoms with E-state index in [4.69, 9.17) is 0 Å². The number of hydrogen-bond acceptors (Lipinski definition) is 1. The lowest BCUT2D eigenvalue weighted by Crippen LogP contribution is -2.51. The highest BCUT2D eigenvalue weighted by atomic mass is 14.9. The first kappa shape index (κ1) is 7.80. The summed E-state index contributed by atoms with van der Waals surface area (Å²) in [5.41, 5.74) is 0. The highest BCUT2D eigenvalue weighted by Crippen LogP contribution is 2.41. The molecule has 0 aromatic rings. The zero-order chi connectivity index (χ0) is 7.56. The molecule has 2 aliphatic heterocycles. The molecule has 3 fully saturated rings. The standard InChI is InChI=1S/C7H13N.C2H4/c1-5-6-2-7(5)4-8-3-6;1-2/h5-8H,2-4H2,1H3;1-2H2. The van der Waals surface area contributed by atoms with E-state index in [9.17, 15) is 0 Å². The van der Waals surface area contributed by atoms with Crippen LogP contribution in [0.5, 0.6) is 0 Å². The molecule has 2 heterocycles. The quantitative estimate of drug-likeness (QED) is 0.503. The van der Waals surface area contributed by atoms with Gasteiger partial charge in [-0.15, -0.1) is 13.2 Å². The van der Waals surface area contributed by atoms with Crippen molar-refractivity contribution in [3.63, 3.8) is 0 Å². The summed E-state index contributed by atoms with van der Waals surface area (Å²) in [7, 11) is 0. The van der Waals surface area contributed by atoms with Crippen LogP contribution < -0.4 is 5.32 Å². The van der Waals surface area contributed by atoms with Crippen molar-refractivity contribution in [2.24, 2.45) is 17.8 Å². The van der Waals surface area contributed by atoms with E-state index in [1.807, 2.05) is 0 Å². The van der Waals surface area contributed by atoms with E-state index in [0.717, 1.165) is 17.8 Å². The minimum absolute atomic E-state index is 1.04. The lowest BCUT2D eigenvalue weighted by Gasteiger charge is -2.48. The second-order valence-electron chi connectivity index (χ2n) is 3.27. The molecular formula is C9H17N. The Bertz CT molecular complexity index is 97.3. The zero-order valence-electron chi connectivity index (χ0n) is 6.77. The Hall–Kier alpha value is -0.300. The lowest BCUT2D eigenvalue weighted by atomic mass is 9.63. The minimum atomic E-state index is 1.04. The van der Waals surface area contributed by atoms with Crippen LogP contribution >= 0.6 is 0 Å². The van der Waals surface area contributed by atoms with Crippen molar-refractivity contribution in [2.75, 3.05) is 13.1 Å². The summed E-state index contributed by atoms with van der Waals surface area (Å²) in [5, 5.41) is 3.41. The largest absolute Gasteiger partial charge is 0.316 e. The van der Waals surface area contributed by atoms with Gasteiger partial charge in [-0.05, 0) is 37.3 Å². The van der Waals surface area contributed by atoms with Crippen LogP contribution in [0.3, 0.4) is 0 Å². The summed E-state index contributed by atoms with van der Waals surface area (Å²) in [5.74, 6) is 3.11. The molecule has 0 spiro atoms. The molecule has 1 nitrogen and oxygen atoms in total. The summed E-state index contributed by atoms with van der Waals surface area (Å²) >= 11 is 0. The van der Waals surface area contributed by atoms with Gasteiger partial charge >= 0.3 is 0 Å². The predicted octanol–water partition coefficient (Wildman–Crippen LogP) is 1.66. The molecule has 0 amide bonds. The van der Waals surface area contributed by atoms with Crippen LogP contribution in [0.2, 0.25) is 0 Å². The molecule has 2 bridgehead atoms. The Balaban J connectivity index is 0.000000231. The highest BCUT2D eigenvalue weighted by Gasteiger charge is 2.39. The Labute approximate surface area is 63.5 Å². The van der Waals surface area contributed by atoms with Crippen LogP contribution in [0.4, 0.5) is 0 Å². The first-order chi connectivity index (χ1) is 4.88. The number of hydrogen-bond donors (Lipinski definition) is 1. The van der Waals surface area contributed by atoms with Crippen LogP contribution in [0.1, 0.15) is 13.3 Å². The molecule has 3 rings (SSSR count). The molecule has 2 atom stereocenters. The summed E-state index contributed by atoms with van der Waals surface area (Å²) in [6.07, 6.45) is 1.51. The summed E-state index contributed by atoms with van der Waals surface area (Å²) in [4.78, 5) is 0. The van der Waals surface area contributed by atoms with E-state index >= 15 is 0 Å². The molecule has 0 radical (unpaired) electrons. The Kier molecular flexibility index (Phi) is 2.50. The summed E-state index contributed by atoms with van der Waals surface area (Å²) in [6.45, 7) is 11.0. The number of rotatable bonds is 0. The Morgan fingerprint density at radius 2 is 1.70 bits per heavy atom. The molecular weight excluding hydrogens is 122 g/mol. The van der Waals surface area contributed by atoms with E-state index in [-0.39, 0.29) is 0 Å².